The summed E-state index contributed by atoms with van der Waals surface area (Å²) >= 11 is 5.15. The average Bonchev–Trinajstić information content (AvgIpc) is 2.59. The summed E-state index contributed by atoms with van der Waals surface area (Å²) in [5.74, 6) is 1.78. The van der Waals surface area contributed by atoms with E-state index in [-0.39, 0.29) is 0 Å². The van der Waals surface area contributed by atoms with Crippen LogP contribution >= 0.6 is 27.7 Å². The third-order valence-corrected chi connectivity index (χ3v) is 3.65. The van der Waals surface area contributed by atoms with E-state index in [4.69, 9.17) is 4.42 Å². The van der Waals surface area contributed by atoms with E-state index >= 15 is 0 Å². The Morgan fingerprint density at radius 3 is 3.08 bits per heavy atom. The molecule has 0 aromatic carbocycles. The Morgan fingerprint density at radius 2 is 2.58 bits per heavy atom. The van der Waals surface area contributed by atoms with Crippen molar-refractivity contribution in [2.75, 3.05) is 11.1 Å². The SMILES string of the molecule is CCC(CBr)CSc1ncco1. The molecule has 1 aromatic heterocycles. The minimum absolute atomic E-state index is 0.710. The topological polar surface area (TPSA) is 26.0 Å². The molecule has 2 nitrogen and oxygen atoms in total. The molecule has 12 heavy (non-hydrogen) atoms. The maximum atomic E-state index is 5.11. The highest BCUT2D eigenvalue weighted by molar-refractivity contribution is 9.09. The fourth-order valence-electron chi connectivity index (χ4n) is 0.742. The van der Waals surface area contributed by atoms with Crippen LogP contribution in [0.25, 0.3) is 0 Å². The summed E-state index contributed by atoms with van der Waals surface area (Å²) in [4.78, 5) is 4.04. The average molecular weight is 250 g/mol. The van der Waals surface area contributed by atoms with Gasteiger partial charge in [-0.15, -0.1) is 0 Å². The molecule has 0 fully saturated rings. The Kier molecular flexibility index (Phi) is 4.76. The Bertz CT molecular complexity index is 199. The second-order valence-electron chi connectivity index (χ2n) is 2.54. The van der Waals surface area contributed by atoms with Crippen molar-refractivity contribution >= 4 is 27.7 Å². The number of oxazole rings is 1. The van der Waals surface area contributed by atoms with Gasteiger partial charge >= 0.3 is 0 Å². The molecule has 1 heterocycles. The van der Waals surface area contributed by atoms with Crippen molar-refractivity contribution in [3.05, 3.63) is 12.5 Å². The quantitative estimate of drug-likeness (QED) is 0.593. The van der Waals surface area contributed by atoms with Crippen LogP contribution in [0.5, 0.6) is 0 Å². The molecule has 0 spiro atoms. The maximum Gasteiger partial charge on any atom is 0.255 e. The van der Waals surface area contributed by atoms with Crippen LogP contribution < -0.4 is 0 Å². The molecule has 0 amide bonds. The fraction of sp³-hybridized carbons (Fsp3) is 0.625. The summed E-state index contributed by atoms with van der Waals surface area (Å²) in [6.07, 6.45) is 4.48. The number of alkyl halides is 1. The Balaban J connectivity index is 2.25. The standard InChI is InChI=1S/C8H12BrNOS/c1-2-7(5-9)6-12-8-10-3-4-11-8/h3-4,7H,2,5-6H2,1H3. The van der Waals surface area contributed by atoms with Gasteiger partial charge < -0.3 is 4.42 Å². The first kappa shape index (κ1) is 10.1. The molecule has 0 aliphatic rings. The molecule has 68 valence electrons. The first-order valence-electron chi connectivity index (χ1n) is 3.95. The van der Waals surface area contributed by atoms with Crippen molar-refractivity contribution in [1.82, 2.24) is 4.98 Å². The lowest BCUT2D eigenvalue weighted by Crippen LogP contribution is -2.02. The van der Waals surface area contributed by atoms with E-state index in [1.807, 2.05) is 0 Å². The van der Waals surface area contributed by atoms with Crippen LogP contribution in [0, 0.1) is 5.92 Å². The van der Waals surface area contributed by atoms with Crippen LogP contribution in [0.2, 0.25) is 0 Å². The Hall–Kier alpha value is 0.0400. The van der Waals surface area contributed by atoms with Gasteiger partial charge in [0, 0.05) is 11.1 Å². The second kappa shape index (κ2) is 5.65. The lowest BCUT2D eigenvalue weighted by molar-refractivity contribution is 0.453. The highest BCUT2D eigenvalue weighted by atomic mass is 79.9. The van der Waals surface area contributed by atoms with Gasteiger partial charge in [-0.25, -0.2) is 4.98 Å². The first-order chi connectivity index (χ1) is 5.86. The lowest BCUT2D eigenvalue weighted by Gasteiger charge is -2.07. The zero-order chi connectivity index (χ0) is 8.81. The summed E-state index contributed by atoms with van der Waals surface area (Å²) in [5, 5.41) is 1.83. The number of halogens is 1. The van der Waals surface area contributed by atoms with E-state index in [1.165, 1.54) is 6.42 Å². The molecule has 1 rings (SSSR count). The number of hydrogen-bond donors (Lipinski definition) is 0. The summed E-state index contributed by atoms with van der Waals surface area (Å²) < 4.78 is 5.11. The van der Waals surface area contributed by atoms with E-state index < -0.39 is 0 Å². The molecule has 0 saturated carbocycles. The molecular formula is C8H12BrNOS. The normalized spacial score (nSPS) is 13.2. The van der Waals surface area contributed by atoms with Crippen LogP contribution in [-0.4, -0.2) is 16.1 Å². The van der Waals surface area contributed by atoms with Gasteiger partial charge in [0.15, 0.2) is 0 Å². The van der Waals surface area contributed by atoms with Crippen molar-refractivity contribution in [2.45, 2.75) is 18.6 Å². The van der Waals surface area contributed by atoms with Crippen molar-refractivity contribution in [1.29, 1.82) is 0 Å². The van der Waals surface area contributed by atoms with Gasteiger partial charge in [-0.05, 0) is 5.92 Å². The van der Waals surface area contributed by atoms with Crippen LogP contribution in [0.4, 0.5) is 0 Å². The maximum absolute atomic E-state index is 5.11. The van der Waals surface area contributed by atoms with Gasteiger partial charge in [0.05, 0.1) is 6.20 Å². The van der Waals surface area contributed by atoms with Crippen molar-refractivity contribution in [3.8, 4) is 0 Å². The van der Waals surface area contributed by atoms with Gasteiger partial charge in [0.2, 0.25) is 0 Å². The Morgan fingerprint density at radius 1 is 1.75 bits per heavy atom. The van der Waals surface area contributed by atoms with Crippen LogP contribution in [0.3, 0.4) is 0 Å². The number of nitrogens with zero attached hydrogens (tertiary/aromatic N) is 1. The van der Waals surface area contributed by atoms with E-state index in [0.717, 1.165) is 16.3 Å². The van der Waals surface area contributed by atoms with Crippen LogP contribution in [0.1, 0.15) is 13.3 Å². The zero-order valence-electron chi connectivity index (χ0n) is 7.00. The molecular weight excluding hydrogens is 238 g/mol. The van der Waals surface area contributed by atoms with E-state index in [0.29, 0.717) is 5.92 Å². The lowest BCUT2D eigenvalue weighted by atomic mass is 10.2. The molecule has 1 aromatic rings. The van der Waals surface area contributed by atoms with E-state index in [2.05, 4.69) is 27.8 Å². The second-order valence-corrected chi connectivity index (χ2v) is 4.16. The molecule has 0 aliphatic heterocycles. The largest absolute Gasteiger partial charge is 0.440 e. The summed E-state index contributed by atoms with van der Waals surface area (Å²) in [7, 11) is 0. The highest BCUT2D eigenvalue weighted by Gasteiger charge is 2.06. The molecule has 0 radical (unpaired) electrons. The monoisotopic (exact) mass is 249 g/mol. The fourth-order valence-corrected chi connectivity index (χ4v) is 2.72. The van der Waals surface area contributed by atoms with E-state index in [1.54, 1.807) is 24.2 Å². The predicted octanol–water partition coefficient (Wildman–Crippen LogP) is 3.19. The molecule has 0 bridgehead atoms. The van der Waals surface area contributed by atoms with Crippen molar-refractivity contribution in [3.63, 3.8) is 0 Å². The minimum Gasteiger partial charge on any atom is -0.440 e. The van der Waals surface area contributed by atoms with Crippen LogP contribution in [-0.2, 0) is 0 Å². The molecule has 0 saturated heterocycles. The predicted molar refractivity (Wildman–Crippen MR) is 54.8 cm³/mol. The number of aromatic nitrogens is 1. The molecule has 4 heteroatoms. The van der Waals surface area contributed by atoms with Crippen LogP contribution in [0.15, 0.2) is 22.1 Å². The molecule has 1 unspecified atom stereocenters. The number of rotatable bonds is 5. The van der Waals surface area contributed by atoms with Gasteiger partial charge in [0.1, 0.15) is 6.26 Å². The smallest absolute Gasteiger partial charge is 0.255 e. The summed E-state index contributed by atoms with van der Waals surface area (Å²) in [6.45, 7) is 2.20. The van der Waals surface area contributed by atoms with Gasteiger partial charge in [-0.1, -0.05) is 41.0 Å². The molecule has 1 atom stereocenters. The third-order valence-electron chi connectivity index (χ3n) is 1.65. The minimum atomic E-state index is 0.710. The van der Waals surface area contributed by atoms with Gasteiger partial charge in [0.25, 0.3) is 5.22 Å². The van der Waals surface area contributed by atoms with Gasteiger partial charge in [-0.2, -0.15) is 0 Å². The molecule has 0 N–H and O–H groups in total. The van der Waals surface area contributed by atoms with Gasteiger partial charge in [-0.3, -0.25) is 0 Å². The first-order valence-corrected chi connectivity index (χ1v) is 6.05. The van der Waals surface area contributed by atoms with Crippen molar-refractivity contribution in [2.24, 2.45) is 5.92 Å². The Labute approximate surface area is 85.3 Å². The third kappa shape index (κ3) is 3.19. The highest BCUT2D eigenvalue weighted by Crippen LogP contribution is 2.20. The summed E-state index contributed by atoms with van der Waals surface area (Å²) in [6, 6.07) is 0. The van der Waals surface area contributed by atoms with Crippen molar-refractivity contribution < 1.29 is 4.42 Å². The summed E-state index contributed by atoms with van der Waals surface area (Å²) in [5.41, 5.74) is 0. The number of thioether (sulfide) groups is 1. The van der Waals surface area contributed by atoms with E-state index in [9.17, 15) is 0 Å². The zero-order valence-corrected chi connectivity index (χ0v) is 9.40. The number of hydrogen-bond acceptors (Lipinski definition) is 3. The molecule has 0 aliphatic carbocycles.